The van der Waals surface area contributed by atoms with E-state index in [1.807, 2.05) is 12.1 Å². The number of hydrogen-bond acceptors (Lipinski definition) is 11. The van der Waals surface area contributed by atoms with Crippen molar-refractivity contribution in [3.05, 3.63) is 98.7 Å². The van der Waals surface area contributed by atoms with Crippen molar-refractivity contribution >= 4 is 88.8 Å². The maximum atomic E-state index is 13.8. The lowest BCUT2D eigenvalue weighted by Crippen LogP contribution is -2.44. The van der Waals surface area contributed by atoms with Crippen LogP contribution in [0.25, 0.3) is 11.0 Å². The van der Waals surface area contributed by atoms with Crippen molar-refractivity contribution in [3.63, 3.8) is 0 Å². The van der Waals surface area contributed by atoms with E-state index >= 15 is 0 Å². The van der Waals surface area contributed by atoms with Crippen LogP contribution in [0.15, 0.2) is 70.2 Å². The molecule has 3 aromatic carbocycles. The van der Waals surface area contributed by atoms with Crippen LogP contribution in [0, 0.1) is 0 Å². The van der Waals surface area contributed by atoms with Crippen molar-refractivity contribution in [1.29, 1.82) is 0 Å². The molecule has 3 atom stereocenters. The number of hydrogen-bond donors (Lipinski definition) is 1. The first kappa shape index (κ1) is 40.9. The standard InChI is InChI=1S/C38H38Cl2N2O10S3/c1-55(48,49)28-7-4-5-23(17-28)18-31(38(46)52-22-51-33(43)8-3-2-6-27-13-16-54(47)53-27)41-36(44)34-30(39)19-26-21-42(14-11-29(26)35(34)40)37(45)25-10-9-24-12-15-50-32(24)20-25/h4-5,7,9-10,12,15,17,19-20,27,31H,2-3,6,8,11,13-14,16,18,21-22H2,1H3,(H,41,44)/t27-,31+,54?/m1/s1. The summed E-state index contributed by atoms with van der Waals surface area (Å²) in [5.41, 5.74) is 2.67. The van der Waals surface area contributed by atoms with Gasteiger partial charge >= 0.3 is 11.9 Å². The molecule has 12 nitrogen and oxygen atoms in total. The zero-order valence-corrected chi connectivity index (χ0v) is 33.7. The Morgan fingerprint density at radius 2 is 1.91 bits per heavy atom. The monoisotopic (exact) mass is 848 g/mol. The molecule has 6 rings (SSSR count). The molecule has 2 aliphatic heterocycles. The van der Waals surface area contributed by atoms with E-state index in [4.69, 9.17) is 37.1 Å². The van der Waals surface area contributed by atoms with Crippen molar-refractivity contribution < 1.29 is 46.0 Å². The summed E-state index contributed by atoms with van der Waals surface area (Å²) in [6.45, 7) is -0.190. The minimum absolute atomic E-state index is 0.00698. The average molecular weight is 850 g/mol. The molecule has 1 N–H and O–H groups in total. The van der Waals surface area contributed by atoms with E-state index in [1.165, 1.54) is 29.0 Å². The third-order valence-electron chi connectivity index (χ3n) is 9.41. The summed E-state index contributed by atoms with van der Waals surface area (Å²) in [4.78, 5) is 54.6. The van der Waals surface area contributed by atoms with Crippen molar-refractivity contribution in [2.24, 2.45) is 0 Å². The predicted octanol–water partition coefficient (Wildman–Crippen LogP) is 6.46. The molecule has 1 saturated heterocycles. The van der Waals surface area contributed by atoms with Crippen molar-refractivity contribution in [1.82, 2.24) is 10.2 Å². The molecule has 1 fully saturated rings. The van der Waals surface area contributed by atoms with E-state index in [0.717, 1.165) is 30.9 Å². The number of esters is 2. The summed E-state index contributed by atoms with van der Waals surface area (Å²) in [6, 6.07) is 13.2. The third-order valence-corrected chi connectivity index (χ3v) is 14.7. The molecular weight excluding hydrogens is 812 g/mol. The van der Waals surface area contributed by atoms with Gasteiger partial charge in [-0.3, -0.25) is 14.4 Å². The number of fused-ring (bicyclic) bond motifs is 2. The minimum Gasteiger partial charge on any atom is -0.605 e. The number of rotatable bonds is 14. The van der Waals surface area contributed by atoms with Gasteiger partial charge in [-0.25, -0.2) is 13.2 Å². The van der Waals surface area contributed by atoms with Gasteiger partial charge in [-0.05, 0) is 72.4 Å². The minimum atomic E-state index is -3.58. The molecule has 292 valence electrons. The number of halogens is 2. The van der Waals surface area contributed by atoms with E-state index < -0.39 is 50.7 Å². The molecule has 0 radical (unpaired) electrons. The maximum Gasteiger partial charge on any atom is 0.331 e. The number of benzene rings is 3. The second-order valence-corrected chi connectivity index (χ2v) is 19.7. The summed E-state index contributed by atoms with van der Waals surface area (Å²) in [5, 5.41) is 3.90. The maximum absolute atomic E-state index is 13.8. The fraction of sp³-hybridized carbons (Fsp3) is 0.368. The van der Waals surface area contributed by atoms with Gasteiger partial charge in [0.15, 0.2) is 9.84 Å². The Hall–Kier alpha value is -3.73. The summed E-state index contributed by atoms with van der Waals surface area (Å²) >= 11 is 13.5. The van der Waals surface area contributed by atoms with Gasteiger partial charge in [-0.1, -0.05) is 47.8 Å². The van der Waals surface area contributed by atoms with E-state index in [9.17, 15) is 32.1 Å². The number of unbranched alkanes of at least 4 members (excludes halogenated alkanes) is 1. The number of nitrogens with zero attached hydrogens (tertiary/aromatic N) is 1. The van der Waals surface area contributed by atoms with Gasteiger partial charge in [0.2, 0.25) is 6.79 Å². The number of ether oxygens (including phenoxy) is 2. The summed E-state index contributed by atoms with van der Waals surface area (Å²) in [5.74, 6) is -1.81. The molecule has 55 heavy (non-hydrogen) atoms. The summed E-state index contributed by atoms with van der Waals surface area (Å²) < 4.78 is 51.8. The van der Waals surface area contributed by atoms with Crippen LogP contribution in [0.2, 0.25) is 10.0 Å². The Bertz CT molecular complexity index is 2210. The molecule has 0 aliphatic carbocycles. The number of nitrogens with one attached hydrogen (secondary N) is 1. The smallest absolute Gasteiger partial charge is 0.331 e. The van der Waals surface area contributed by atoms with Crippen LogP contribution < -0.4 is 5.32 Å². The van der Waals surface area contributed by atoms with Crippen molar-refractivity contribution in [2.75, 3.05) is 25.3 Å². The first-order valence-corrected chi connectivity index (χ1v) is 22.9. The van der Waals surface area contributed by atoms with Gasteiger partial charge in [-0.15, -0.1) is 0 Å². The second kappa shape index (κ2) is 18.0. The van der Waals surface area contributed by atoms with Gasteiger partial charge in [-0.2, -0.15) is 0 Å². The zero-order chi connectivity index (χ0) is 39.3. The first-order valence-electron chi connectivity index (χ1n) is 17.5. The molecule has 1 aromatic heterocycles. The van der Waals surface area contributed by atoms with E-state index in [1.54, 1.807) is 35.4 Å². The van der Waals surface area contributed by atoms with Gasteiger partial charge in [0.1, 0.15) is 17.4 Å². The Labute approximate surface area is 335 Å². The molecule has 0 bridgehead atoms. The van der Waals surface area contributed by atoms with Crippen LogP contribution in [-0.2, 0) is 58.5 Å². The number of sulfone groups is 1. The number of amides is 2. The van der Waals surface area contributed by atoms with Crippen molar-refractivity contribution in [2.45, 2.75) is 67.7 Å². The van der Waals surface area contributed by atoms with Crippen LogP contribution >= 0.6 is 34.0 Å². The van der Waals surface area contributed by atoms with Crippen LogP contribution in [0.5, 0.6) is 0 Å². The fourth-order valence-corrected chi connectivity index (χ4v) is 11.5. The highest BCUT2D eigenvalue weighted by atomic mass is 35.5. The topological polar surface area (TPSA) is 172 Å². The molecular formula is C38H38Cl2N2O10S3. The molecule has 1 unspecified atom stereocenters. The Kier molecular flexibility index (Phi) is 13.4. The lowest BCUT2D eigenvalue weighted by Gasteiger charge is -2.30. The van der Waals surface area contributed by atoms with E-state index in [-0.39, 0.29) is 45.8 Å². The average Bonchev–Trinajstić information content (AvgIpc) is 3.80. The van der Waals surface area contributed by atoms with Gasteiger partial charge in [0.05, 0.1) is 42.8 Å². The number of carbonyl (C=O) groups is 4. The third kappa shape index (κ3) is 10.4. The zero-order valence-electron chi connectivity index (χ0n) is 29.7. The lowest BCUT2D eigenvalue weighted by atomic mass is 9.95. The summed E-state index contributed by atoms with van der Waals surface area (Å²) in [6.07, 6.45) is 5.94. The first-order chi connectivity index (χ1) is 26.3. The summed E-state index contributed by atoms with van der Waals surface area (Å²) in [7, 11) is -2.94. The fourth-order valence-electron chi connectivity index (χ4n) is 6.50. The van der Waals surface area contributed by atoms with Gasteiger partial charge in [0.25, 0.3) is 11.8 Å². The predicted molar refractivity (Wildman–Crippen MR) is 210 cm³/mol. The SMILES string of the molecule is CS(=O)(=O)c1cccc(C[C@H](NC(=O)c2c(Cl)cc3c(c2Cl)CCN(C(=O)c2ccc4ccoc4c2)C3)C(=O)OCOC(=O)CCCC[C@@H]2CC[S+]([O-])S2)c1. The quantitative estimate of drug-likeness (QED) is 0.0486. The lowest BCUT2D eigenvalue weighted by molar-refractivity contribution is -0.168. The normalized spacial score (nSPS) is 17.4. The van der Waals surface area contributed by atoms with E-state index in [2.05, 4.69) is 5.32 Å². The van der Waals surface area contributed by atoms with Crippen LogP contribution in [0.1, 0.15) is 69.5 Å². The van der Waals surface area contributed by atoms with Gasteiger partial charge < -0.3 is 28.7 Å². The Morgan fingerprint density at radius 1 is 1.09 bits per heavy atom. The number of furan rings is 1. The Morgan fingerprint density at radius 3 is 2.67 bits per heavy atom. The van der Waals surface area contributed by atoms with Crippen molar-refractivity contribution in [3.8, 4) is 0 Å². The molecule has 0 spiro atoms. The van der Waals surface area contributed by atoms with Crippen LogP contribution in [0.3, 0.4) is 0 Å². The second-order valence-electron chi connectivity index (χ2n) is 13.3. The molecule has 4 aromatic rings. The molecule has 2 amide bonds. The van der Waals surface area contributed by atoms with Crippen LogP contribution in [-0.4, -0.2) is 78.3 Å². The van der Waals surface area contributed by atoms with E-state index in [0.29, 0.717) is 58.2 Å². The molecule has 2 aliphatic rings. The highest BCUT2D eigenvalue weighted by Crippen LogP contribution is 2.36. The highest BCUT2D eigenvalue weighted by molar-refractivity contribution is 8.72. The largest absolute Gasteiger partial charge is 0.605 e. The Balaban J connectivity index is 1.12. The molecule has 0 saturated carbocycles. The van der Waals surface area contributed by atoms with Crippen LogP contribution in [0.4, 0.5) is 0 Å². The van der Waals surface area contributed by atoms with Gasteiger partial charge in [0, 0.05) is 59.8 Å². The molecule has 3 heterocycles. The number of carbonyl (C=O) groups excluding carboxylic acids is 4. The highest BCUT2D eigenvalue weighted by Gasteiger charge is 2.31. The molecule has 17 heteroatoms.